The van der Waals surface area contributed by atoms with Crippen LogP contribution in [0.25, 0.3) is 65.3 Å². The van der Waals surface area contributed by atoms with Crippen molar-refractivity contribution in [1.29, 1.82) is 0 Å². The molecule has 0 atom stereocenters. The van der Waals surface area contributed by atoms with Crippen molar-refractivity contribution in [3.63, 3.8) is 0 Å². The molecule has 4 heteroatoms. The van der Waals surface area contributed by atoms with Gasteiger partial charge in [-0.25, -0.2) is 0 Å². The molecule has 0 saturated carbocycles. The highest BCUT2D eigenvalue weighted by atomic mass is 32.1. The Morgan fingerprint density at radius 1 is 0.493 bits per heavy atom. The summed E-state index contributed by atoms with van der Waals surface area (Å²) >= 11 is 2.06. The first kappa shape index (κ1) is 45.1. The minimum atomic E-state index is -0.283. The summed E-state index contributed by atoms with van der Waals surface area (Å²) in [7, 11) is 0. The number of rotatable bonds is 2. The molecule has 0 bridgehead atoms. The van der Waals surface area contributed by atoms with Gasteiger partial charge in [-0.1, -0.05) is 171 Å². The van der Waals surface area contributed by atoms with E-state index in [-0.39, 0.29) is 39.3 Å². The first-order chi connectivity index (χ1) is 33.4. The quantitative estimate of drug-likeness (QED) is 0.157. The van der Waals surface area contributed by atoms with Crippen molar-refractivity contribution in [2.75, 3.05) is 4.90 Å². The van der Waals surface area contributed by atoms with Crippen LogP contribution in [0.3, 0.4) is 0 Å². The highest BCUT2D eigenvalue weighted by Gasteiger charge is 2.51. The fraction of sp³-hybridized carbons (Fsp3) is 0.343. The summed E-state index contributed by atoms with van der Waals surface area (Å²) in [4.78, 5) is 2.83. The maximum absolute atomic E-state index is 2.83. The third kappa shape index (κ3) is 6.19. The number of fused-ring (bicyclic) bond motifs is 14. The summed E-state index contributed by atoms with van der Waals surface area (Å²) in [6.07, 6.45) is 2.36. The Morgan fingerprint density at radius 3 is 1.79 bits per heavy atom. The Morgan fingerprint density at radius 2 is 1.10 bits per heavy atom. The number of anilines is 3. The molecule has 0 radical (unpaired) electrons. The Labute approximate surface area is 427 Å². The van der Waals surface area contributed by atoms with Crippen LogP contribution in [0.4, 0.5) is 17.1 Å². The SMILES string of the molecule is CC(C)(C)c1ccc(N2c3c4c(cc5c3C(C)(C)c3ccccc3-5)-c3cc(C(C)(C)C)cc5c6cc(C(C)(C)C)ccc6n(c35)B4c3sc4cc5c(cc4c32)C(C)(C)CCC5(C)C)c(-c2ccccc2)c1. The van der Waals surface area contributed by atoms with Crippen LogP contribution in [-0.2, 0) is 32.5 Å². The van der Waals surface area contributed by atoms with Gasteiger partial charge in [0, 0.05) is 58.9 Å². The lowest BCUT2D eigenvalue weighted by Crippen LogP contribution is -2.56. The summed E-state index contributed by atoms with van der Waals surface area (Å²) in [5.41, 5.74) is 25.8. The van der Waals surface area contributed by atoms with Crippen LogP contribution in [0.15, 0.2) is 121 Å². The Hall–Kier alpha value is -5.84. The predicted octanol–water partition coefficient (Wildman–Crippen LogP) is 17.6. The van der Waals surface area contributed by atoms with Crippen molar-refractivity contribution in [1.82, 2.24) is 4.48 Å². The minimum Gasteiger partial charge on any atom is -0.375 e. The molecule has 4 heterocycles. The zero-order valence-electron chi connectivity index (χ0n) is 44.8. The van der Waals surface area contributed by atoms with E-state index in [2.05, 4.69) is 246 Å². The topological polar surface area (TPSA) is 8.17 Å². The fourth-order valence-electron chi connectivity index (χ4n) is 13.6. The molecule has 13 rings (SSSR count). The summed E-state index contributed by atoms with van der Waals surface area (Å²) in [5.74, 6) is 0. The van der Waals surface area contributed by atoms with Crippen LogP contribution in [0.1, 0.15) is 156 Å². The smallest absolute Gasteiger partial charge is 0.343 e. The molecular formula is C67H69BN2S. The van der Waals surface area contributed by atoms with Gasteiger partial charge in [0.15, 0.2) is 0 Å². The molecule has 356 valence electrons. The molecule has 0 N–H and O–H groups in total. The monoisotopic (exact) mass is 945 g/mol. The third-order valence-corrected chi connectivity index (χ3v) is 19.0. The first-order valence-electron chi connectivity index (χ1n) is 26.4. The van der Waals surface area contributed by atoms with Crippen LogP contribution in [0, 0.1) is 0 Å². The molecule has 2 aliphatic heterocycles. The molecule has 9 aromatic rings. The second kappa shape index (κ2) is 14.2. The van der Waals surface area contributed by atoms with E-state index < -0.39 is 0 Å². The summed E-state index contributed by atoms with van der Waals surface area (Å²) in [6.45, 7) is 36.2. The van der Waals surface area contributed by atoms with Gasteiger partial charge >= 0.3 is 6.85 Å². The number of thiophene rings is 1. The van der Waals surface area contributed by atoms with Gasteiger partial charge in [-0.05, 0) is 161 Å². The maximum atomic E-state index is 2.83. The van der Waals surface area contributed by atoms with E-state index in [1.54, 1.807) is 0 Å². The van der Waals surface area contributed by atoms with E-state index in [1.165, 1.54) is 144 Å². The van der Waals surface area contributed by atoms with Gasteiger partial charge in [0.25, 0.3) is 0 Å². The summed E-state index contributed by atoms with van der Waals surface area (Å²) < 4.78 is 5.65. The molecule has 0 spiro atoms. The molecule has 0 unspecified atom stereocenters. The molecular weight excluding hydrogens is 876 g/mol. The van der Waals surface area contributed by atoms with E-state index in [9.17, 15) is 0 Å². The van der Waals surface area contributed by atoms with Crippen LogP contribution >= 0.6 is 11.3 Å². The van der Waals surface area contributed by atoms with Crippen molar-refractivity contribution < 1.29 is 0 Å². The number of aromatic nitrogens is 1. The lowest BCUT2D eigenvalue weighted by atomic mass is 9.47. The molecule has 4 aliphatic rings. The number of nitrogens with zero attached hydrogens (tertiary/aromatic N) is 2. The molecule has 0 saturated heterocycles. The van der Waals surface area contributed by atoms with E-state index in [1.807, 2.05) is 0 Å². The van der Waals surface area contributed by atoms with E-state index in [4.69, 9.17) is 0 Å². The minimum absolute atomic E-state index is 0.00677. The number of benzene rings is 7. The van der Waals surface area contributed by atoms with Crippen molar-refractivity contribution in [3.05, 3.63) is 160 Å². The first-order valence-corrected chi connectivity index (χ1v) is 27.2. The molecule has 7 aromatic carbocycles. The lowest BCUT2D eigenvalue weighted by Gasteiger charge is -2.43. The Bertz CT molecular complexity index is 3790. The molecule has 0 amide bonds. The predicted molar refractivity (Wildman–Crippen MR) is 310 cm³/mol. The van der Waals surface area contributed by atoms with Gasteiger partial charge in [0.05, 0.1) is 11.4 Å². The largest absolute Gasteiger partial charge is 0.375 e. The van der Waals surface area contributed by atoms with Crippen LogP contribution < -0.4 is 15.1 Å². The number of hydrogen-bond donors (Lipinski definition) is 0. The zero-order valence-corrected chi connectivity index (χ0v) is 45.7. The van der Waals surface area contributed by atoms with Crippen LogP contribution in [0.2, 0.25) is 0 Å². The van der Waals surface area contributed by atoms with Crippen molar-refractivity contribution in [2.45, 2.75) is 149 Å². The highest BCUT2D eigenvalue weighted by Crippen LogP contribution is 2.60. The lowest BCUT2D eigenvalue weighted by molar-refractivity contribution is 0.332. The van der Waals surface area contributed by atoms with Gasteiger partial charge in [-0.15, -0.1) is 11.3 Å². The number of hydrogen-bond acceptors (Lipinski definition) is 2. The Kier molecular flexibility index (Phi) is 9.03. The highest BCUT2D eigenvalue weighted by molar-refractivity contribution is 7.32. The van der Waals surface area contributed by atoms with Gasteiger partial charge < -0.3 is 9.38 Å². The Balaban J connectivity index is 1.28. The van der Waals surface area contributed by atoms with Crippen molar-refractivity contribution >= 4 is 77.4 Å². The third-order valence-electron chi connectivity index (χ3n) is 17.9. The second-order valence-electron chi connectivity index (χ2n) is 26.9. The average molecular weight is 945 g/mol. The van der Waals surface area contributed by atoms with Crippen molar-refractivity contribution in [2.24, 2.45) is 0 Å². The fourth-order valence-corrected chi connectivity index (χ4v) is 14.9. The maximum Gasteiger partial charge on any atom is 0.343 e. The van der Waals surface area contributed by atoms with Gasteiger partial charge in [0.2, 0.25) is 0 Å². The average Bonchev–Trinajstić information content (AvgIpc) is 3.93. The van der Waals surface area contributed by atoms with Gasteiger partial charge in [-0.2, -0.15) is 0 Å². The summed E-state index contributed by atoms with van der Waals surface area (Å²) in [5, 5.41) is 4.11. The molecule has 2 aromatic heterocycles. The molecule has 2 nitrogen and oxygen atoms in total. The zero-order chi connectivity index (χ0) is 49.9. The van der Waals surface area contributed by atoms with E-state index in [0.29, 0.717) is 0 Å². The van der Waals surface area contributed by atoms with Gasteiger partial charge in [-0.3, -0.25) is 0 Å². The normalized spacial score (nSPS) is 17.1. The van der Waals surface area contributed by atoms with Crippen LogP contribution in [-0.4, -0.2) is 11.3 Å². The molecule has 71 heavy (non-hydrogen) atoms. The second-order valence-corrected chi connectivity index (χ2v) is 27.9. The molecule has 0 fully saturated rings. The van der Waals surface area contributed by atoms with Crippen molar-refractivity contribution in [3.8, 4) is 33.4 Å². The molecule has 2 aliphatic carbocycles. The standard InChI is InChI=1S/C67H69BN2S/c1-62(2,3)39-25-27-53(43(31-39)38-21-17-16-18-22-38)69-59-49-36-51-52(66(12,13)30-29-65(51,10)11)37-55(49)71-61(59)68-57-46(35-45-42-23-19-20-24-50(42)67(14,15)56(45)60(57)69)48-34-41(64(7,8)9)33-47-44-32-40(63(4,5)6)26-28-54(44)70(68)58(47)48/h16-28,31-37H,29-30H2,1-15H3. The van der Waals surface area contributed by atoms with Crippen LogP contribution in [0.5, 0.6) is 0 Å². The summed E-state index contributed by atoms with van der Waals surface area (Å²) in [6, 6.07) is 48.6. The van der Waals surface area contributed by atoms with Gasteiger partial charge in [0.1, 0.15) is 0 Å². The van der Waals surface area contributed by atoms with E-state index in [0.717, 1.165) is 0 Å². The van der Waals surface area contributed by atoms with E-state index >= 15 is 0 Å².